The number of hydrogen-bond acceptors (Lipinski definition) is 7. The first-order valence-electron chi connectivity index (χ1n) is 8.16. The number of anilines is 3. The molecule has 26 heavy (non-hydrogen) atoms. The molecule has 4 aromatic rings. The topological polar surface area (TPSA) is 112 Å². The molecule has 0 spiro atoms. The Kier molecular flexibility index (Phi) is 4.40. The molecule has 0 saturated heterocycles. The molecule has 130 valence electrons. The van der Waals surface area contributed by atoms with Crippen molar-refractivity contribution >= 4 is 28.5 Å². The molecular formula is C18H17N7O. The Morgan fingerprint density at radius 3 is 2.85 bits per heavy atom. The summed E-state index contributed by atoms with van der Waals surface area (Å²) in [5.74, 6) is 1.08. The molecule has 2 heterocycles. The Balaban J connectivity index is 1.43. The van der Waals surface area contributed by atoms with Gasteiger partial charge in [0.1, 0.15) is 11.3 Å². The fourth-order valence-corrected chi connectivity index (χ4v) is 2.56. The highest BCUT2D eigenvalue weighted by Crippen LogP contribution is 2.19. The number of aliphatic hydroxyl groups is 1. The number of aromatic amines is 1. The quantitative estimate of drug-likeness (QED) is 0.424. The van der Waals surface area contributed by atoms with E-state index in [2.05, 4.69) is 36.0 Å². The van der Waals surface area contributed by atoms with Gasteiger partial charge in [0, 0.05) is 18.4 Å². The number of rotatable bonds is 6. The molecule has 2 aromatic heterocycles. The van der Waals surface area contributed by atoms with E-state index in [4.69, 9.17) is 0 Å². The van der Waals surface area contributed by atoms with Crippen molar-refractivity contribution in [3.63, 3.8) is 0 Å². The van der Waals surface area contributed by atoms with Crippen molar-refractivity contribution in [3.05, 3.63) is 66.4 Å². The highest BCUT2D eigenvalue weighted by molar-refractivity contribution is 5.78. The van der Waals surface area contributed by atoms with Gasteiger partial charge in [-0.1, -0.05) is 35.5 Å². The zero-order valence-electron chi connectivity index (χ0n) is 13.8. The predicted octanol–water partition coefficient (Wildman–Crippen LogP) is 2.64. The van der Waals surface area contributed by atoms with Crippen LogP contribution in [0.25, 0.3) is 11.0 Å². The van der Waals surface area contributed by atoms with Crippen LogP contribution in [-0.2, 0) is 0 Å². The van der Waals surface area contributed by atoms with Crippen LogP contribution in [0, 0.1) is 0 Å². The van der Waals surface area contributed by atoms with Crippen LogP contribution in [0.1, 0.15) is 11.7 Å². The zero-order chi connectivity index (χ0) is 17.8. The normalized spacial score (nSPS) is 12.0. The average Bonchev–Trinajstić information content (AvgIpc) is 3.15. The van der Waals surface area contributed by atoms with Gasteiger partial charge in [0.15, 0.2) is 0 Å². The highest BCUT2D eigenvalue weighted by atomic mass is 16.3. The third kappa shape index (κ3) is 3.60. The van der Waals surface area contributed by atoms with Gasteiger partial charge in [-0.05, 0) is 29.8 Å². The summed E-state index contributed by atoms with van der Waals surface area (Å²) in [6, 6.07) is 16.9. The second-order valence-corrected chi connectivity index (χ2v) is 5.74. The minimum Gasteiger partial charge on any atom is -0.387 e. The maximum Gasteiger partial charge on any atom is 0.229 e. The number of nitrogens with one attached hydrogen (secondary N) is 3. The third-order valence-corrected chi connectivity index (χ3v) is 3.90. The van der Waals surface area contributed by atoms with Crippen LogP contribution in [0.2, 0.25) is 0 Å². The van der Waals surface area contributed by atoms with Crippen LogP contribution < -0.4 is 10.6 Å². The van der Waals surface area contributed by atoms with Gasteiger partial charge in [0.2, 0.25) is 5.95 Å². The number of hydrogen-bond donors (Lipinski definition) is 4. The fraction of sp³-hybridized carbons (Fsp3) is 0.111. The molecule has 0 unspecified atom stereocenters. The first kappa shape index (κ1) is 16.0. The Morgan fingerprint density at radius 2 is 1.96 bits per heavy atom. The van der Waals surface area contributed by atoms with Crippen molar-refractivity contribution in [1.82, 2.24) is 25.4 Å². The molecule has 0 aliphatic rings. The van der Waals surface area contributed by atoms with Crippen LogP contribution in [0.3, 0.4) is 0 Å². The van der Waals surface area contributed by atoms with Gasteiger partial charge in [-0.2, -0.15) is 4.98 Å². The highest BCUT2D eigenvalue weighted by Gasteiger charge is 2.08. The minimum atomic E-state index is -0.613. The van der Waals surface area contributed by atoms with Gasteiger partial charge in [-0.15, -0.1) is 5.10 Å². The first-order valence-corrected chi connectivity index (χ1v) is 8.16. The number of benzene rings is 2. The summed E-state index contributed by atoms with van der Waals surface area (Å²) < 4.78 is 0. The van der Waals surface area contributed by atoms with Gasteiger partial charge < -0.3 is 15.7 Å². The van der Waals surface area contributed by atoms with Crippen molar-refractivity contribution in [2.45, 2.75) is 6.10 Å². The Labute approximate surface area is 149 Å². The van der Waals surface area contributed by atoms with Crippen LogP contribution in [0.15, 0.2) is 60.8 Å². The third-order valence-electron chi connectivity index (χ3n) is 3.90. The van der Waals surface area contributed by atoms with Crippen LogP contribution in [0.4, 0.5) is 17.5 Å². The molecule has 0 aliphatic heterocycles. The molecule has 8 nitrogen and oxygen atoms in total. The molecule has 0 fully saturated rings. The SMILES string of the molecule is O[C@@H](CNc1ccnc(Nc2ccc3nn[nH]c3c2)n1)c1ccccc1. The van der Waals surface area contributed by atoms with Crippen molar-refractivity contribution in [2.75, 3.05) is 17.2 Å². The van der Waals surface area contributed by atoms with Crippen LogP contribution in [0.5, 0.6) is 0 Å². The van der Waals surface area contributed by atoms with Crippen LogP contribution in [-0.4, -0.2) is 37.0 Å². The molecule has 1 atom stereocenters. The van der Waals surface area contributed by atoms with E-state index in [1.807, 2.05) is 48.5 Å². The van der Waals surface area contributed by atoms with Crippen molar-refractivity contribution < 1.29 is 5.11 Å². The lowest BCUT2D eigenvalue weighted by Crippen LogP contribution is -2.13. The number of aliphatic hydroxyl groups excluding tert-OH is 1. The lowest BCUT2D eigenvalue weighted by molar-refractivity contribution is 0.191. The maximum absolute atomic E-state index is 10.2. The number of nitrogens with zero attached hydrogens (tertiary/aromatic N) is 4. The summed E-state index contributed by atoms with van der Waals surface area (Å²) >= 11 is 0. The Hall–Kier alpha value is -3.52. The maximum atomic E-state index is 10.2. The molecule has 4 rings (SSSR count). The van der Waals surface area contributed by atoms with Gasteiger partial charge in [-0.25, -0.2) is 4.98 Å². The molecular weight excluding hydrogens is 330 g/mol. The summed E-state index contributed by atoms with van der Waals surface area (Å²) in [6.07, 6.45) is 1.04. The average molecular weight is 347 g/mol. The van der Waals surface area contributed by atoms with Gasteiger partial charge in [-0.3, -0.25) is 5.10 Å². The molecule has 0 radical (unpaired) electrons. The van der Waals surface area contributed by atoms with Crippen molar-refractivity contribution in [1.29, 1.82) is 0 Å². The van der Waals surface area contributed by atoms with E-state index in [0.29, 0.717) is 18.3 Å². The molecule has 0 bridgehead atoms. The van der Waals surface area contributed by atoms with E-state index in [1.54, 1.807) is 12.3 Å². The van der Waals surface area contributed by atoms with Gasteiger partial charge >= 0.3 is 0 Å². The Bertz CT molecular complexity index is 1000. The molecule has 8 heteroatoms. The summed E-state index contributed by atoms with van der Waals surface area (Å²) in [6.45, 7) is 0.353. The second kappa shape index (κ2) is 7.16. The first-order chi connectivity index (χ1) is 12.8. The number of fused-ring (bicyclic) bond motifs is 1. The van der Waals surface area contributed by atoms with E-state index in [0.717, 1.165) is 22.3 Å². The van der Waals surface area contributed by atoms with E-state index in [1.165, 1.54) is 0 Å². The molecule has 4 N–H and O–H groups in total. The van der Waals surface area contributed by atoms with E-state index in [9.17, 15) is 5.11 Å². The largest absolute Gasteiger partial charge is 0.387 e. The summed E-state index contributed by atoms with van der Waals surface area (Å²) in [7, 11) is 0. The van der Waals surface area contributed by atoms with Gasteiger partial charge in [0.25, 0.3) is 0 Å². The molecule has 0 aliphatic carbocycles. The van der Waals surface area contributed by atoms with Crippen LogP contribution >= 0.6 is 0 Å². The fourth-order valence-electron chi connectivity index (χ4n) is 2.56. The molecule has 0 amide bonds. The lowest BCUT2D eigenvalue weighted by atomic mass is 10.1. The predicted molar refractivity (Wildman–Crippen MR) is 99.1 cm³/mol. The summed E-state index contributed by atoms with van der Waals surface area (Å²) in [5, 5.41) is 27.0. The molecule has 2 aromatic carbocycles. The van der Waals surface area contributed by atoms with E-state index >= 15 is 0 Å². The van der Waals surface area contributed by atoms with Crippen molar-refractivity contribution in [3.8, 4) is 0 Å². The number of aromatic nitrogens is 5. The number of H-pyrrole nitrogens is 1. The van der Waals surface area contributed by atoms with E-state index < -0.39 is 6.10 Å². The van der Waals surface area contributed by atoms with Gasteiger partial charge in [0.05, 0.1) is 11.6 Å². The zero-order valence-corrected chi connectivity index (χ0v) is 13.8. The monoisotopic (exact) mass is 347 g/mol. The van der Waals surface area contributed by atoms with Crippen molar-refractivity contribution in [2.24, 2.45) is 0 Å². The minimum absolute atomic E-state index is 0.353. The summed E-state index contributed by atoms with van der Waals surface area (Å²) in [4.78, 5) is 8.64. The molecule has 0 saturated carbocycles. The summed E-state index contributed by atoms with van der Waals surface area (Å²) in [5.41, 5.74) is 3.30. The van der Waals surface area contributed by atoms with E-state index in [-0.39, 0.29) is 0 Å². The smallest absolute Gasteiger partial charge is 0.229 e. The lowest BCUT2D eigenvalue weighted by Gasteiger charge is -2.13. The Morgan fingerprint density at radius 1 is 1.08 bits per heavy atom. The standard InChI is InChI=1S/C18H17N7O/c26-16(12-4-2-1-3-5-12)11-20-17-8-9-19-18(22-17)21-13-6-7-14-15(10-13)24-25-23-14/h1-10,16,26H,11H2,(H,23,24,25)(H2,19,20,21,22)/t16-/m0/s1. The second-order valence-electron chi connectivity index (χ2n) is 5.74.